The number of anilines is 1. The fourth-order valence-electron chi connectivity index (χ4n) is 2.68. The molecule has 2 amide bonds. The van der Waals surface area contributed by atoms with Gasteiger partial charge in [0.05, 0.1) is 25.9 Å². The second-order valence-corrected chi connectivity index (χ2v) is 7.37. The van der Waals surface area contributed by atoms with Crippen molar-refractivity contribution in [3.63, 3.8) is 0 Å². The van der Waals surface area contributed by atoms with E-state index in [1.807, 2.05) is 54.8 Å². The van der Waals surface area contributed by atoms with Crippen molar-refractivity contribution in [2.24, 2.45) is 0 Å². The molecule has 0 fully saturated rings. The van der Waals surface area contributed by atoms with E-state index in [9.17, 15) is 9.59 Å². The van der Waals surface area contributed by atoms with E-state index in [0.717, 1.165) is 21.9 Å². The second-order valence-electron chi connectivity index (χ2n) is 6.52. The van der Waals surface area contributed by atoms with E-state index >= 15 is 0 Å². The number of hydrogen-bond acceptors (Lipinski definition) is 5. The van der Waals surface area contributed by atoms with Crippen LogP contribution in [0.3, 0.4) is 0 Å². The molecule has 2 aromatic carbocycles. The summed E-state index contributed by atoms with van der Waals surface area (Å²) < 4.78 is 5.14. The van der Waals surface area contributed by atoms with Crippen LogP contribution < -0.4 is 10.1 Å². The number of amides is 2. The molecule has 0 aliphatic rings. The van der Waals surface area contributed by atoms with Gasteiger partial charge in [0.25, 0.3) is 0 Å². The van der Waals surface area contributed by atoms with Gasteiger partial charge in [-0.25, -0.2) is 0 Å². The van der Waals surface area contributed by atoms with Gasteiger partial charge in [-0.05, 0) is 43.1 Å². The number of carbonyl (C=O) groups excluding carboxylic acids is 2. The Morgan fingerprint density at radius 1 is 1.04 bits per heavy atom. The summed E-state index contributed by atoms with van der Waals surface area (Å²) in [5.41, 5.74) is 1.81. The first-order chi connectivity index (χ1) is 13.4. The third kappa shape index (κ3) is 6.58. The van der Waals surface area contributed by atoms with Crippen molar-refractivity contribution >= 4 is 29.3 Å². The smallest absolute Gasteiger partial charge is 0.238 e. The Labute approximate surface area is 170 Å². The summed E-state index contributed by atoms with van der Waals surface area (Å²) in [6, 6.07) is 15.3. The van der Waals surface area contributed by atoms with Crippen molar-refractivity contribution in [2.75, 3.05) is 45.9 Å². The SMILES string of the molecule is COc1ccc(CN(C)C(=O)CN(C)CC(=O)Nc2ccccc2SC)cc1. The minimum absolute atomic E-state index is 0.0457. The van der Waals surface area contributed by atoms with Gasteiger partial charge in [0.1, 0.15) is 5.75 Å². The van der Waals surface area contributed by atoms with Crippen LogP contribution in [0.2, 0.25) is 0 Å². The van der Waals surface area contributed by atoms with Gasteiger partial charge >= 0.3 is 0 Å². The first kappa shape index (κ1) is 21.8. The molecule has 0 spiro atoms. The Balaban J connectivity index is 1.82. The van der Waals surface area contributed by atoms with Crippen molar-refractivity contribution in [1.29, 1.82) is 0 Å². The average Bonchev–Trinajstić information content (AvgIpc) is 2.68. The summed E-state index contributed by atoms with van der Waals surface area (Å²) in [5, 5.41) is 2.91. The Morgan fingerprint density at radius 3 is 2.36 bits per heavy atom. The zero-order chi connectivity index (χ0) is 20.5. The number of rotatable bonds is 9. The van der Waals surface area contributed by atoms with Gasteiger partial charge in [-0.2, -0.15) is 0 Å². The Morgan fingerprint density at radius 2 is 1.71 bits per heavy atom. The summed E-state index contributed by atoms with van der Waals surface area (Å²) in [6.45, 7) is 0.818. The molecule has 0 bridgehead atoms. The Hall–Kier alpha value is -2.51. The molecule has 2 rings (SSSR count). The van der Waals surface area contributed by atoms with E-state index in [-0.39, 0.29) is 24.9 Å². The molecule has 6 nitrogen and oxygen atoms in total. The lowest BCUT2D eigenvalue weighted by Crippen LogP contribution is -2.39. The standard InChI is InChI=1S/C21H27N3O3S/c1-23(14-20(25)22-18-7-5-6-8-19(18)28-4)15-21(26)24(2)13-16-9-11-17(27-3)12-10-16/h5-12H,13-15H2,1-4H3,(H,22,25). The molecule has 0 saturated carbocycles. The molecule has 0 heterocycles. The largest absolute Gasteiger partial charge is 0.497 e. The number of likely N-dealkylation sites (N-methyl/N-ethyl adjacent to an activating group) is 2. The number of para-hydroxylation sites is 1. The number of methoxy groups -OCH3 is 1. The van der Waals surface area contributed by atoms with Crippen LogP contribution in [-0.2, 0) is 16.1 Å². The zero-order valence-corrected chi connectivity index (χ0v) is 17.6. The number of benzene rings is 2. The molecule has 28 heavy (non-hydrogen) atoms. The summed E-state index contributed by atoms with van der Waals surface area (Å²) in [7, 11) is 5.14. The van der Waals surface area contributed by atoms with E-state index in [1.54, 1.807) is 42.8 Å². The lowest BCUT2D eigenvalue weighted by molar-refractivity contribution is -0.131. The van der Waals surface area contributed by atoms with Crippen LogP contribution >= 0.6 is 11.8 Å². The summed E-state index contributed by atoms with van der Waals surface area (Å²) in [6.07, 6.45) is 1.97. The Kier molecular flexibility index (Phi) is 8.35. The monoisotopic (exact) mass is 401 g/mol. The van der Waals surface area contributed by atoms with Crippen molar-refractivity contribution in [3.05, 3.63) is 54.1 Å². The Bertz CT molecular complexity index is 796. The first-order valence-corrected chi connectivity index (χ1v) is 10.1. The van der Waals surface area contributed by atoms with Crippen LogP contribution in [0.4, 0.5) is 5.69 Å². The summed E-state index contributed by atoms with van der Waals surface area (Å²) in [4.78, 5) is 29.1. The number of carbonyl (C=O) groups is 2. The molecule has 150 valence electrons. The molecule has 2 aromatic rings. The minimum Gasteiger partial charge on any atom is -0.497 e. The quantitative estimate of drug-likeness (QED) is 0.655. The van der Waals surface area contributed by atoms with Gasteiger partial charge in [-0.3, -0.25) is 14.5 Å². The lowest BCUT2D eigenvalue weighted by atomic mass is 10.2. The number of hydrogen-bond donors (Lipinski definition) is 1. The lowest BCUT2D eigenvalue weighted by Gasteiger charge is -2.22. The normalized spacial score (nSPS) is 10.6. The third-order valence-electron chi connectivity index (χ3n) is 4.20. The molecule has 0 unspecified atom stereocenters. The van der Waals surface area contributed by atoms with E-state index in [2.05, 4.69) is 5.32 Å². The highest BCUT2D eigenvalue weighted by Gasteiger charge is 2.15. The molecule has 0 saturated heterocycles. The highest BCUT2D eigenvalue weighted by Crippen LogP contribution is 2.24. The van der Waals surface area contributed by atoms with Crippen LogP contribution in [0.5, 0.6) is 5.75 Å². The highest BCUT2D eigenvalue weighted by molar-refractivity contribution is 7.98. The van der Waals surface area contributed by atoms with Crippen LogP contribution in [0.15, 0.2) is 53.4 Å². The van der Waals surface area contributed by atoms with Crippen LogP contribution in [0, 0.1) is 0 Å². The maximum absolute atomic E-state index is 12.4. The fraction of sp³-hybridized carbons (Fsp3) is 0.333. The van der Waals surface area contributed by atoms with Gasteiger partial charge in [-0.15, -0.1) is 11.8 Å². The van der Waals surface area contributed by atoms with Crippen molar-refractivity contribution in [1.82, 2.24) is 9.80 Å². The van der Waals surface area contributed by atoms with Gasteiger partial charge in [0.15, 0.2) is 0 Å². The molecule has 0 aliphatic carbocycles. The van der Waals surface area contributed by atoms with Crippen molar-refractivity contribution in [3.8, 4) is 5.75 Å². The second kappa shape index (κ2) is 10.7. The number of ether oxygens (including phenoxy) is 1. The van der Waals surface area contributed by atoms with Gasteiger partial charge in [-0.1, -0.05) is 24.3 Å². The molecule has 0 atom stereocenters. The van der Waals surface area contributed by atoms with Crippen molar-refractivity contribution in [2.45, 2.75) is 11.4 Å². The molecule has 0 aromatic heterocycles. The highest BCUT2D eigenvalue weighted by atomic mass is 32.2. The first-order valence-electron chi connectivity index (χ1n) is 8.91. The average molecular weight is 402 g/mol. The van der Waals surface area contributed by atoms with E-state index in [0.29, 0.717) is 6.54 Å². The minimum atomic E-state index is -0.144. The summed E-state index contributed by atoms with van der Waals surface area (Å²) in [5.74, 6) is 0.594. The van der Waals surface area contributed by atoms with Crippen LogP contribution in [-0.4, -0.2) is 62.2 Å². The van der Waals surface area contributed by atoms with E-state index in [1.165, 1.54) is 0 Å². The van der Waals surface area contributed by atoms with Gasteiger partial charge in [0, 0.05) is 18.5 Å². The number of thioether (sulfide) groups is 1. The van der Waals surface area contributed by atoms with E-state index in [4.69, 9.17) is 4.74 Å². The maximum Gasteiger partial charge on any atom is 0.238 e. The fourth-order valence-corrected chi connectivity index (χ4v) is 3.24. The maximum atomic E-state index is 12.4. The number of nitrogens with one attached hydrogen (secondary N) is 1. The molecule has 0 radical (unpaired) electrons. The predicted molar refractivity (Wildman–Crippen MR) is 114 cm³/mol. The van der Waals surface area contributed by atoms with Gasteiger partial charge < -0.3 is 15.0 Å². The topological polar surface area (TPSA) is 61.9 Å². The van der Waals surface area contributed by atoms with Crippen molar-refractivity contribution < 1.29 is 14.3 Å². The van der Waals surface area contributed by atoms with Gasteiger partial charge in [0.2, 0.25) is 11.8 Å². The van der Waals surface area contributed by atoms with Crippen LogP contribution in [0.25, 0.3) is 0 Å². The number of nitrogens with zero attached hydrogens (tertiary/aromatic N) is 2. The molecular weight excluding hydrogens is 374 g/mol. The van der Waals surface area contributed by atoms with E-state index < -0.39 is 0 Å². The third-order valence-corrected chi connectivity index (χ3v) is 5.00. The van der Waals surface area contributed by atoms with Crippen LogP contribution in [0.1, 0.15) is 5.56 Å². The molecule has 1 N–H and O–H groups in total. The predicted octanol–water partition coefficient (Wildman–Crippen LogP) is 2.95. The molecule has 0 aliphatic heterocycles. The molecule has 7 heteroatoms. The summed E-state index contributed by atoms with van der Waals surface area (Å²) >= 11 is 1.58. The molecular formula is C21H27N3O3S. The zero-order valence-electron chi connectivity index (χ0n) is 16.8.